The number of rotatable bonds is 13. The van der Waals surface area contributed by atoms with Gasteiger partial charge in [0.25, 0.3) is 0 Å². The Hall–Kier alpha value is -4.40. The van der Waals surface area contributed by atoms with Crippen molar-refractivity contribution in [2.75, 3.05) is 50.2 Å². The molecule has 2 aliphatic rings. The van der Waals surface area contributed by atoms with E-state index in [-0.39, 0.29) is 0 Å². The average Bonchev–Trinajstić information content (AvgIpc) is 3.87. The van der Waals surface area contributed by atoms with Crippen LogP contribution in [0, 0.1) is 5.92 Å². The molecule has 0 saturated carbocycles. The highest BCUT2D eigenvalue weighted by Crippen LogP contribution is 2.42. The zero-order valence-corrected chi connectivity index (χ0v) is 31.6. The van der Waals surface area contributed by atoms with E-state index in [0.717, 1.165) is 88.4 Å². The molecule has 2 aromatic carbocycles. The minimum Gasteiger partial charge on any atom is -0.481 e. The second kappa shape index (κ2) is 15.3. The first kappa shape index (κ1) is 34.7. The maximum absolute atomic E-state index is 7.15. The van der Waals surface area contributed by atoms with Gasteiger partial charge in [0.2, 0.25) is 22.0 Å². The molecule has 52 heavy (non-hydrogen) atoms. The van der Waals surface area contributed by atoms with E-state index in [4.69, 9.17) is 42.6 Å². The summed E-state index contributed by atoms with van der Waals surface area (Å²) in [6, 6.07) is 20.3. The van der Waals surface area contributed by atoms with Gasteiger partial charge in [-0.3, -0.25) is 0 Å². The Bertz CT molecular complexity index is 2010. The number of pyridine rings is 2. The van der Waals surface area contributed by atoms with Crippen molar-refractivity contribution in [2.45, 2.75) is 25.4 Å². The minimum atomic E-state index is 0.353. The van der Waals surface area contributed by atoms with Gasteiger partial charge in [0.05, 0.1) is 35.7 Å². The van der Waals surface area contributed by atoms with E-state index in [2.05, 4.69) is 41.6 Å². The second-order valence-electron chi connectivity index (χ2n) is 12.8. The molecule has 1 N–H and O–H groups in total. The molecule has 15 heteroatoms. The SMILES string of the molecule is COc1nc(-c2cccc(-c3cccc(-c4ccc(CNC5CN(c6nncs6)C5)c(OC)n4)c3Cl)c2Cl)ccc1CCC1CN(c2nncs2)C1. The first-order valence-electron chi connectivity index (χ1n) is 16.9. The number of aryl methyl sites for hydroxylation is 1. The number of benzene rings is 2. The number of nitrogens with zero attached hydrogens (tertiary/aromatic N) is 8. The van der Waals surface area contributed by atoms with Crippen LogP contribution in [0.5, 0.6) is 11.8 Å². The monoisotopic (exact) mass is 771 g/mol. The van der Waals surface area contributed by atoms with Crippen LogP contribution in [-0.2, 0) is 13.0 Å². The average molecular weight is 773 g/mol. The first-order chi connectivity index (χ1) is 25.5. The molecular weight excluding hydrogens is 738 g/mol. The normalized spacial score (nSPS) is 14.7. The Labute approximate surface area is 319 Å². The minimum absolute atomic E-state index is 0.353. The van der Waals surface area contributed by atoms with Gasteiger partial charge in [-0.05, 0) is 30.9 Å². The van der Waals surface area contributed by atoms with E-state index >= 15 is 0 Å². The molecule has 6 aromatic rings. The van der Waals surface area contributed by atoms with Crippen molar-refractivity contribution in [3.63, 3.8) is 0 Å². The molecule has 0 aliphatic carbocycles. The van der Waals surface area contributed by atoms with E-state index < -0.39 is 0 Å². The van der Waals surface area contributed by atoms with Crippen molar-refractivity contribution < 1.29 is 9.47 Å². The Kier molecular flexibility index (Phi) is 10.2. The molecule has 0 spiro atoms. The number of hydrogen-bond donors (Lipinski definition) is 1. The van der Waals surface area contributed by atoms with Crippen LogP contribution in [0.15, 0.2) is 71.7 Å². The van der Waals surface area contributed by atoms with Gasteiger partial charge in [-0.25, -0.2) is 9.97 Å². The fourth-order valence-corrected chi connectivity index (χ4v) is 8.50. The van der Waals surface area contributed by atoms with E-state index in [1.807, 2.05) is 54.6 Å². The van der Waals surface area contributed by atoms with E-state index in [9.17, 15) is 0 Å². The zero-order valence-electron chi connectivity index (χ0n) is 28.5. The van der Waals surface area contributed by atoms with Crippen LogP contribution >= 0.6 is 45.9 Å². The van der Waals surface area contributed by atoms with Crippen molar-refractivity contribution in [2.24, 2.45) is 5.92 Å². The van der Waals surface area contributed by atoms with Crippen molar-refractivity contribution in [1.82, 2.24) is 35.7 Å². The number of ether oxygens (including phenoxy) is 2. The fraction of sp³-hybridized carbons (Fsp3) is 0.297. The lowest BCUT2D eigenvalue weighted by Crippen LogP contribution is -2.57. The zero-order chi connectivity index (χ0) is 35.6. The van der Waals surface area contributed by atoms with Gasteiger partial charge < -0.3 is 24.6 Å². The molecule has 2 fully saturated rings. The van der Waals surface area contributed by atoms with Gasteiger partial charge in [-0.1, -0.05) is 94.4 Å². The second-order valence-corrected chi connectivity index (χ2v) is 15.2. The Morgan fingerprint density at radius 2 is 1.21 bits per heavy atom. The van der Waals surface area contributed by atoms with Crippen LogP contribution < -0.4 is 24.6 Å². The van der Waals surface area contributed by atoms with Crippen LogP contribution in [0.25, 0.3) is 33.6 Å². The maximum atomic E-state index is 7.15. The number of methoxy groups -OCH3 is 2. The molecule has 0 unspecified atom stereocenters. The predicted octanol–water partition coefficient (Wildman–Crippen LogP) is 7.55. The fourth-order valence-electron chi connectivity index (χ4n) is 6.69. The lowest BCUT2D eigenvalue weighted by atomic mass is 9.93. The molecule has 0 radical (unpaired) electrons. The highest BCUT2D eigenvalue weighted by atomic mass is 35.5. The molecule has 2 aliphatic heterocycles. The standard InChI is InChI=1S/C37H35Cl2N9O2S2/c1-49-34-23(10-9-22-16-47(17-22)36-45-41-20-51-36)11-13-30(43-34)28-7-3-5-26(32(28)38)27-6-4-8-29(33(27)39)31-14-12-24(35(44-31)50-2)15-40-25-18-48(19-25)37-46-42-21-52-37/h3-8,11-14,20-22,25,40H,9-10,15-19H2,1-2H3. The number of nitrogens with one attached hydrogen (secondary N) is 1. The van der Waals surface area contributed by atoms with Gasteiger partial charge in [-0.2, -0.15) is 0 Å². The molecule has 6 heterocycles. The summed E-state index contributed by atoms with van der Waals surface area (Å²) in [5.74, 6) is 1.77. The molecule has 0 amide bonds. The highest BCUT2D eigenvalue weighted by Gasteiger charge is 2.30. The van der Waals surface area contributed by atoms with Gasteiger partial charge in [0.1, 0.15) is 11.0 Å². The third-order valence-electron chi connectivity index (χ3n) is 9.58. The van der Waals surface area contributed by atoms with E-state index in [0.29, 0.717) is 46.0 Å². The lowest BCUT2D eigenvalue weighted by molar-refractivity contribution is 0.370. The van der Waals surface area contributed by atoms with Crippen LogP contribution in [0.2, 0.25) is 10.0 Å². The Balaban J connectivity index is 0.966. The summed E-state index contributed by atoms with van der Waals surface area (Å²) in [6.07, 6.45) is 1.92. The van der Waals surface area contributed by atoms with Crippen LogP contribution in [-0.4, -0.2) is 76.8 Å². The molecule has 8 rings (SSSR count). The topological polar surface area (TPSA) is 114 Å². The smallest absolute Gasteiger partial charge is 0.218 e. The number of hydrogen-bond acceptors (Lipinski definition) is 13. The molecule has 0 atom stereocenters. The van der Waals surface area contributed by atoms with Crippen LogP contribution in [0.4, 0.5) is 10.3 Å². The summed E-state index contributed by atoms with van der Waals surface area (Å²) in [4.78, 5) is 14.2. The van der Waals surface area contributed by atoms with E-state index in [1.54, 1.807) is 47.9 Å². The third-order valence-corrected chi connectivity index (χ3v) is 11.9. The summed E-state index contributed by atoms with van der Waals surface area (Å²) in [5, 5.41) is 22.9. The van der Waals surface area contributed by atoms with Crippen molar-refractivity contribution in [3.05, 3.63) is 92.9 Å². The third kappa shape index (κ3) is 7.03. The molecule has 2 saturated heterocycles. The lowest BCUT2D eigenvalue weighted by Gasteiger charge is -2.39. The molecule has 4 aromatic heterocycles. The van der Waals surface area contributed by atoms with Gasteiger partial charge >= 0.3 is 0 Å². The van der Waals surface area contributed by atoms with Crippen LogP contribution in [0.3, 0.4) is 0 Å². The maximum Gasteiger partial charge on any atom is 0.218 e. The summed E-state index contributed by atoms with van der Waals surface area (Å²) in [7, 11) is 3.30. The predicted molar refractivity (Wildman–Crippen MR) is 208 cm³/mol. The molecule has 266 valence electrons. The molecular formula is C37H35Cl2N9O2S2. The van der Waals surface area contributed by atoms with Gasteiger partial charge in [-0.15, -0.1) is 20.4 Å². The van der Waals surface area contributed by atoms with Crippen molar-refractivity contribution in [3.8, 4) is 45.4 Å². The van der Waals surface area contributed by atoms with Crippen LogP contribution in [0.1, 0.15) is 17.5 Å². The van der Waals surface area contributed by atoms with E-state index in [1.165, 1.54) is 0 Å². The summed E-state index contributed by atoms with van der Waals surface area (Å²) < 4.78 is 11.5. The van der Waals surface area contributed by atoms with Gasteiger partial charge in [0, 0.05) is 72.1 Å². The summed E-state index contributed by atoms with van der Waals surface area (Å²) in [6.45, 7) is 4.39. The highest BCUT2D eigenvalue weighted by molar-refractivity contribution is 7.13. The summed E-state index contributed by atoms with van der Waals surface area (Å²) in [5.41, 5.74) is 10.2. The first-order valence-corrected chi connectivity index (χ1v) is 19.4. The summed E-state index contributed by atoms with van der Waals surface area (Å²) >= 11 is 17.4. The number of aromatic nitrogens is 6. The molecule has 11 nitrogen and oxygen atoms in total. The Morgan fingerprint density at radius 1 is 0.692 bits per heavy atom. The Morgan fingerprint density at radius 3 is 1.75 bits per heavy atom. The molecule has 0 bridgehead atoms. The largest absolute Gasteiger partial charge is 0.481 e. The quantitative estimate of drug-likeness (QED) is 0.126. The van der Waals surface area contributed by atoms with Crippen molar-refractivity contribution in [1.29, 1.82) is 0 Å². The number of halogens is 2. The van der Waals surface area contributed by atoms with Gasteiger partial charge in [0.15, 0.2) is 0 Å². The van der Waals surface area contributed by atoms with Crippen molar-refractivity contribution >= 4 is 56.1 Å². The number of anilines is 2.